The molecular formula is C16H21FO3. The predicted molar refractivity (Wildman–Crippen MR) is 75.0 cm³/mol. The van der Waals surface area contributed by atoms with E-state index in [1.54, 1.807) is 6.07 Å². The highest BCUT2D eigenvalue weighted by atomic mass is 19.1. The first-order valence-electron chi connectivity index (χ1n) is 7.26. The molecule has 1 atom stereocenters. The van der Waals surface area contributed by atoms with Crippen LogP contribution in [-0.2, 0) is 4.79 Å². The Kier molecular flexibility index (Phi) is 4.99. The molecule has 0 saturated carbocycles. The Morgan fingerprint density at radius 3 is 2.50 bits per heavy atom. The van der Waals surface area contributed by atoms with E-state index in [2.05, 4.69) is 0 Å². The van der Waals surface area contributed by atoms with Crippen molar-refractivity contribution in [2.75, 3.05) is 13.2 Å². The van der Waals surface area contributed by atoms with Crippen molar-refractivity contribution in [3.05, 3.63) is 23.5 Å². The highest BCUT2D eigenvalue weighted by molar-refractivity contribution is 5.78. The van der Waals surface area contributed by atoms with Crippen molar-refractivity contribution >= 4 is 5.78 Å². The van der Waals surface area contributed by atoms with Crippen LogP contribution < -0.4 is 9.47 Å². The normalized spacial score (nSPS) is 14.9. The van der Waals surface area contributed by atoms with E-state index in [-0.39, 0.29) is 17.5 Å². The Balaban J connectivity index is 2.18. The highest BCUT2D eigenvalue weighted by Gasteiger charge is 2.21. The summed E-state index contributed by atoms with van der Waals surface area (Å²) in [5.74, 6) is 1.07. The molecule has 20 heavy (non-hydrogen) atoms. The van der Waals surface area contributed by atoms with Crippen molar-refractivity contribution in [3.8, 4) is 11.5 Å². The highest BCUT2D eigenvalue weighted by Crippen LogP contribution is 2.37. The predicted octanol–water partition coefficient (Wildman–Crippen LogP) is 3.85. The summed E-state index contributed by atoms with van der Waals surface area (Å²) in [7, 11) is 0. The number of halogens is 1. The molecule has 110 valence electrons. The van der Waals surface area contributed by atoms with E-state index in [0.717, 1.165) is 6.42 Å². The van der Waals surface area contributed by atoms with Crippen LogP contribution in [-0.4, -0.2) is 19.0 Å². The third kappa shape index (κ3) is 3.30. The lowest BCUT2D eigenvalue weighted by Crippen LogP contribution is -2.16. The molecule has 0 saturated heterocycles. The largest absolute Gasteiger partial charge is 0.486 e. The number of Topliss-reactive ketones (excluding diaryl/α,β-unsaturated/α-hetero) is 1. The summed E-state index contributed by atoms with van der Waals surface area (Å²) in [6.07, 6.45) is 2.52. The van der Waals surface area contributed by atoms with Gasteiger partial charge in [-0.05, 0) is 30.4 Å². The van der Waals surface area contributed by atoms with Gasteiger partial charge in [0.15, 0.2) is 11.5 Å². The zero-order chi connectivity index (χ0) is 14.5. The van der Waals surface area contributed by atoms with Crippen LogP contribution in [0.3, 0.4) is 0 Å². The van der Waals surface area contributed by atoms with Gasteiger partial charge >= 0.3 is 0 Å². The van der Waals surface area contributed by atoms with E-state index < -0.39 is 0 Å². The van der Waals surface area contributed by atoms with Crippen molar-refractivity contribution in [1.29, 1.82) is 0 Å². The van der Waals surface area contributed by atoms with E-state index in [1.165, 1.54) is 6.07 Å². The summed E-state index contributed by atoms with van der Waals surface area (Å²) in [6, 6.07) is 3.13. The monoisotopic (exact) mass is 280 g/mol. The van der Waals surface area contributed by atoms with Crippen LogP contribution in [0.25, 0.3) is 0 Å². The second kappa shape index (κ2) is 6.73. The van der Waals surface area contributed by atoms with Crippen LogP contribution in [0.15, 0.2) is 12.1 Å². The van der Waals surface area contributed by atoms with Gasteiger partial charge in [-0.1, -0.05) is 13.8 Å². The number of rotatable bonds is 6. The molecule has 0 radical (unpaired) electrons. The maximum atomic E-state index is 14.2. The van der Waals surface area contributed by atoms with Gasteiger partial charge in [-0.2, -0.15) is 0 Å². The first-order valence-corrected chi connectivity index (χ1v) is 7.26. The molecule has 1 aliphatic heterocycles. The van der Waals surface area contributed by atoms with Gasteiger partial charge in [0.05, 0.1) is 0 Å². The molecule has 2 rings (SSSR count). The van der Waals surface area contributed by atoms with Crippen LogP contribution in [0.5, 0.6) is 11.5 Å². The van der Waals surface area contributed by atoms with Gasteiger partial charge in [-0.15, -0.1) is 0 Å². The van der Waals surface area contributed by atoms with Crippen molar-refractivity contribution < 1.29 is 18.7 Å². The molecule has 0 N–H and O–H groups in total. The second-order valence-corrected chi connectivity index (χ2v) is 5.05. The third-order valence-electron chi connectivity index (χ3n) is 3.76. The first kappa shape index (κ1) is 14.8. The lowest BCUT2D eigenvalue weighted by molar-refractivity contribution is -0.118. The molecule has 0 bridgehead atoms. The molecular weight excluding hydrogens is 259 g/mol. The number of hydrogen-bond donors (Lipinski definition) is 0. The van der Waals surface area contributed by atoms with Gasteiger partial charge in [-0.3, -0.25) is 4.79 Å². The minimum atomic E-state index is -0.273. The lowest BCUT2D eigenvalue weighted by Gasteiger charge is -2.22. The van der Waals surface area contributed by atoms with Crippen molar-refractivity contribution in [2.45, 2.75) is 45.4 Å². The lowest BCUT2D eigenvalue weighted by atomic mass is 9.90. The van der Waals surface area contributed by atoms with E-state index >= 15 is 0 Å². The summed E-state index contributed by atoms with van der Waals surface area (Å²) < 4.78 is 25.1. The summed E-state index contributed by atoms with van der Waals surface area (Å²) >= 11 is 0. The average Bonchev–Trinajstić information content (AvgIpc) is 2.47. The smallest absolute Gasteiger partial charge is 0.164 e. The second-order valence-electron chi connectivity index (χ2n) is 5.05. The minimum Gasteiger partial charge on any atom is -0.486 e. The zero-order valence-corrected chi connectivity index (χ0v) is 12.1. The Morgan fingerprint density at radius 2 is 1.90 bits per heavy atom. The molecule has 4 heteroatoms. The zero-order valence-electron chi connectivity index (χ0n) is 12.1. The summed E-state index contributed by atoms with van der Waals surface area (Å²) in [4.78, 5) is 11.4. The summed E-state index contributed by atoms with van der Waals surface area (Å²) in [5, 5.41) is 0. The van der Waals surface area contributed by atoms with Crippen molar-refractivity contribution in [2.24, 2.45) is 0 Å². The van der Waals surface area contributed by atoms with Gasteiger partial charge in [0.25, 0.3) is 0 Å². The maximum Gasteiger partial charge on any atom is 0.164 e. The molecule has 1 aromatic carbocycles. The number of carbonyl (C=O) groups excluding carboxylic acids is 1. The molecule has 1 heterocycles. The van der Waals surface area contributed by atoms with Crippen LogP contribution in [0.1, 0.15) is 51.0 Å². The quantitative estimate of drug-likeness (QED) is 0.794. The number of benzene rings is 1. The molecule has 1 unspecified atom stereocenters. The molecule has 0 aliphatic carbocycles. The standard InChI is InChI=1S/C16H21FO3/c1-3-11(5-6-12(18)4-2)13-9-15-16(10-14(13)17)20-8-7-19-15/h9-11H,3-8H2,1-2H3. The molecule has 0 amide bonds. The Bertz CT molecular complexity index is 485. The fraction of sp³-hybridized carbons (Fsp3) is 0.562. The Morgan fingerprint density at radius 1 is 1.25 bits per heavy atom. The summed E-state index contributed by atoms with van der Waals surface area (Å²) in [5.41, 5.74) is 0.626. The minimum absolute atomic E-state index is 0.0429. The van der Waals surface area contributed by atoms with Gasteiger partial charge in [0.2, 0.25) is 0 Å². The average molecular weight is 280 g/mol. The van der Waals surface area contributed by atoms with Crippen LogP contribution >= 0.6 is 0 Å². The maximum absolute atomic E-state index is 14.2. The van der Waals surface area contributed by atoms with Crippen LogP contribution in [0.2, 0.25) is 0 Å². The molecule has 3 nitrogen and oxygen atoms in total. The van der Waals surface area contributed by atoms with Gasteiger partial charge in [0.1, 0.15) is 24.8 Å². The molecule has 0 fully saturated rings. The molecule has 0 aromatic heterocycles. The number of carbonyl (C=O) groups is 1. The fourth-order valence-electron chi connectivity index (χ4n) is 2.48. The van der Waals surface area contributed by atoms with E-state index in [0.29, 0.717) is 49.5 Å². The first-order chi connectivity index (χ1) is 9.65. The van der Waals surface area contributed by atoms with Crippen LogP contribution in [0, 0.1) is 5.82 Å². The van der Waals surface area contributed by atoms with E-state index in [9.17, 15) is 9.18 Å². The van der Waals surface area contributed by atoms with E-state index in [4.69, 9.17) is 9.47 Å². The van der Waals surface area contributed by atoms with Crippen molar-refractivity contribution in [3.63, 3.8) is 0 Å². The topological polar surface area (TPSA) is 35.5 Å². The Hall–Kier alpha value is -1.58. The van der Waals surface area contributed by atoms with Gasteiger partial charge in [-0.25, -0.2) is 4.39 Å². The number of ether oxygens (including phenoxy) is 2. The number of ketones is 1. The van der Waals surface area contributed by atoms with Gasteiger partial charge < -0.3 is 9.47 Å². The third-order valence-corrected chi connectivity index (χ3v) is 3.76. The SMILES string of the molecule is CCC(=O)CCC(CC)c1cc2c(cc1F)OCCO2. The Labute approximate surface area is 119 Å². The number of hydrogen-bond acceptors (Lipinski definition) is 3. The number of fused-ring (bicyclic) bond motifs is 1. The summed E-state index contributed by atoms with van der Waals surface area (Å²) in [6.45, 7) is 4.81. The van der Waals surface area contributed by atoms with Crippen molar-refractivity contribution in [1.82, 2.24) is 0 Å². The van der Waals surface area contributed by atoms with Gasteiger partial charge in [0, 0.05) is 18.9 Å². The van der Waals surface area contributed by atoms with E-state index in [1.807, 2.05) is 13.8 Å². The van der Waals surface area contributed by atoms with Crippen LogP contribution in [0.4, 0.5) is 4.39 Å². The molecule has 1 aromatic rings. The molecule has 1 aliphatic rings. The fourth-order valence-corrected chi connectivity index (χ4v) is 2.48. The molecule has 0 spiro atoms.